The highest BCUT2D eigenvalue weighted by molar-refractivity contribution is 5.80. The van der Waals surface area contributed by atoms with E-state index < -0.39 is 11.7 Å². The van der Waals surface area contributed by atoms with Crippen LogP contribution in [-0.4, -0.2) is 80.4 Å². The van der Waals surface area contributed by atoms with Gasteiger partial charge in [0.25, 0.3) is 0 Å². The normalized spacial score (nSPS) is 20.2. The van der Waals surface area contributed by atoms with Crippen LogP contribution < -0.4 is 25.4 Å². The van der Waals surface area contributed by atoms with Gasteiger partial charge in [-0.05, 0) is 52.3 Å². The van der Waals surface area contributed by atoms with Crippen molar-refractivity contribution in [2.45, 2.75) is 45.3 Å². The van der Waals surface area contributed by atoms with Gasteiger partial charge in [0.1, 0.15) is 18.3 Å². The van der Waals surface area contributed by atoms with Crippen molar-refractivity contribution in [3.8, 4) is 11.5 Å². The number of carbonyl (C=O) groups is 3. The number of hydrogen-bond donors (Lipinski definition) is 3. The molecule has 0 spiro atoms. The summed E-state index contributed by atoms with van der Waals surface area (Å²) in [5.74, 6) is 1.03. The zero-order chi connectivity index (χ0) is 24.6. The molecule has 2 aliphatic heterocycles. The fourth-order valence-electron chi connectivity index (χ4n) is 3.87. The first-order valence-electron chi connectivity index (χ1n) is 11.8. The lowest BCUT2D eigenvalue weighted by molar-refractivity contribution is -0.129. The summed E-state index contributed by atoms with van der Waals surface area (Å²) >= 11 is 0. The van der Waals surface area contributed by atoms with Crippen LogP contribution in [0.1, 0.15) is 33.6 Å². The van der Waals surface area contributed by atoms with Crippen LogP contribution in [0.5, 0.6) is 11.5 Å². The van der Waals surface area contributed by atoms with Crippen LogP contribution in [0.15, 0.2) is 24.3 Å². The minimum atomic E-state index is -0.562. The number of para-hydroxylation sites is 2. The first-order chi connectivity index (χ1) is 16.2. The fraction of sp³-hybridized carbons (Fsp3) is 0.625. The molecule has 2 atom stereocenters. The molecule has 1 aromatic carbocycles. The molecule has 3 rings (SSSR count). The molecule has 10 heteroatoms. The van der Waals surface area contributed by atoms with Crippen molar-refractivity contribution >= 4 is 17.9 Å². The van der Waals surface area contributed by atoms with Gasteiger partial charge in [0.2, 0.25) is 11.8 Å². The molecular formula is C24H36N4O6. The van der Waals surface area contributed by atoms with Gasteiger partial charge in [-0.15, -0.1) is 0 Å². The maximum Gasteiger partial charge on any atom is 0.407 e. The molecule has 2 unspecified atom stereocenters. The number of carbonyl (C=O) groups excluding carboxylic acids is 3. The number of ether oxygens (including phenoxy) is 3. The average Bonchev–Trinajstić information content (AvgIpc) is 2.79. The van der Waals surface area contributed by atoms with Gasteiger partial charge >= 0.3 is 6.09 Å². The number of hydrogen-bond acceptors (Lipinski definition) is 7. The van der Waals surface area contributed by atoms with E-state index in [9.17, 15) is 14.4 Å². The summed E-state index contributed by atoms with van der Waals surface area (Å²) in [7, 11) is 0. The summed E-state index contributed by atoms with van der Waals surface area (Å²) in [6.07, 6.45) is 0.868. The van der Waals surface area contributed by atoms with Gasteiger partial charge in [0, 0.05) is 19.6 Å². The van der Waals surface area contributed by atoms with Crippen LogP contribution in [-0.2, 0) is 14.3 Å². The first-order valence-corrected chi connectivity index (χ1v) is 11.8. The zero-order valence-electron chi connectivity index (χ0n) is 20.2. The van der Waals surface area contributed by atoms with Crippen molar-refractivity contribution in [3.05, 3.63) is 24.3 Å². The predicted molar refractivity (Wildman–Crippen MR) is 126 cm³/mol. The standard InChI is InChI=1S/C24H36N4O6/c1-24(2,3)34-23(31)26-11-10-25-22(30)17-7-6-12-28(14-17)15-21(29)27-13-18-16-32-19-8-4-5-9-20(19)33-18/h4-5,8-9,17-18H,6-7,10-16H2,1-3H3,(H,25,30)(H,26,31)(H,27,29). The van der Waals surface area contributed by atoms with Gasteiger partial charge in [-0.25, -0.2) is 4.79 Å². The van der Waals surface area contributed by atoms with Crippen LogP contribution in [0.25, 0.3) is 0 Å². The van der Waals surface area contributed by atoms with Gasteiger partial charge in [0.15, 0.2) is 11.5 Å². The molecule has 1 aromatic rings. The SMILES string of the molecule is CC(C)(C)OC(=O)NCCNC(=O)C1CCCN(CC(=O)NCC2COc3ccccc3O2)C1. The number of piperidine rings is 1. The average molecular weight is 477 g/mol. The molecule has 0 aromatic heterocycles. The summed E-state index contributed by atoms with van der Waals surface area (Å²) in [5, 5.41) is 8.38. The van der Waals surface area contributed by atoms with E-state index in [1.165, 1.54) is 0 Å². The molecule has 1 fully saturated rings. The van der Waals surface area contributed by atoms with Crippen LogP contribution in [0.3, 0.4) is 0 Å². The maximum atomic E-state index is 12.5. The second kappa shape index (κ2) is 11.9. The number of nitrogens with one attached hydrogen (secondary N) is 3. The van der Waals surface area contributed by atoms with Gasteiger partial charge < -0.3 is 30.2 Å². The lowest BCUT2D eigenvalue weighted by atomic mass is 9.97. The molecule has 10 nitrogen and oxygen atoms in total. The van der Waals surface area contributed by atoms with Crippen molar-refractivity contribution in [1.82, 2.24) is 20.9 Å². The van der Waals surface area contributed by atoms with E-state index in [4.69, 9.17) is 14.2 Å². The number of fused-ring (bicyclic) bond motifs is 1. The minimum absolute atomic E-state index is 0.0671. The van der Waals surface area contributed by atoms with Crippen molar-refractivity contribution in [3.63, 3.8) is 0 Å². The summed E-state index contributed by atoms with van der Waals surface area (Å²) in [4.78, 5) is 38.6. The molecule has 0 aliphatic carbocycles. The molecule has 3 N–H and O–H groups in total. The largest absolute Gasteiger partial charge is 0.486 e. The van der Waals surface area contributed by atoms with Crippen molar-refractivity contribution in [2.75, 3.05) is 45.9 Å². The van der Waals surface area contributed by atoms with Crippen molar-refractivity contribution in [2.24, 2.45) is 5.92 Å². The Morgan fingerprint density at radius 1 is 1.09 bits per heavy atom. The summed E-state index contributed by atoms with van der Waals surface area (Å²) in [5.41, 5.74) is -0.562. The highest BCUT2D eigenvalue weighted by Crippen LogP contribution is 2.30. The predicted octanol–water partition coefficient (Wildman–Crippen LogP) is 1.30. The summed E-state index contributed by atoms with van der Waals surface area (Å²) in [6, 6.07) is 7.46. The Labute approximate surface area is 200 Å². The fourth-order valence-corrected chi connectivity index (χ4v) is 3.87. The number of rotatable bonds is 8. The number of benzene rings is 1. The molecule has 2 aliphatic rings. The number of likely N-dealkylation sites (tertiary alicyclic amines) is 1. The Bertz CT molecular complexity index is 856. The molecule has 34 heavy (non-hydrogen) atoms. The Morgan fingerprint density at radius 3 is 2.59 bits per heavy atom. The zero-order valence-corrected chi connectivity index (χ0v) is 20.2. The number of alkyl carbamates (subject to hydrolysis) is 1. The van der Waals surface area contributed by atoms with E-state index >= 15 is 0 Å². The summed E-state index contributed by atoms with van der Waals surface area (Å²) < 4.78 is 16.7. The number of amides is 3. The van der Waals surface area contributed by atoms with E-state index in [-0.39, 0.29) is 36.9 Å². The summed E-state index contributed by atoms with van der Waals surface area (Å²) in [6.45, 7) is 8.25. The second-order valence-electron chi connectivity index (χ2n) is 9.60. The van der Waals surface area contributed by atoms with Gasteiger partial charge in [-0.3, -0.25) is 14.5 Å². The topological polar surface area (TPSA) is 118 Å². The van der Waals surface area contributed by atoms with Crippen molar-refractivity contribution < 1.29 is 28.6 Å². The molecule has 2 heterocycles. The highest BCUT2D eigenvalue weighted by atomic mass is 16.6. The smallest absolute Gasteiger partial charge is 0.407 e. The number of nitrogens with zero attached hydrogens (tertiary/aromatic N) is 1. The van der Waals surface area contributed by atoms with Crippen LogP contribution in [0, 0.1) is 5.92 Å². The monoisotopic (exact) mass is 476 g/mol. The maximum absolute atomic E-state index is 12.5. The molecule has 1 saturated heterocycles. The third-order valence-corrected chi connectivity index (χ3v) is 5.43. The van der Waals surface area contributed by atoms with Crippen LogP contribution >= 0.6 is 0 Å². The lowest BCUT2D eigenvalue weighted by Gasteiger charge is -2.32. The molecule has 0 radical (unpaired) electrons. The Balaban J connectivity index is 1.32. The molecule has 0 bridgehead atoms. The van der Waals surface area contributed by atoms with Gasteiger partial charge in [0.05, 0.1) is 19.0 Å². The van der Waals surface area contributed by atoms with E-state index in [0.29, 0.717) is 37.7 Å². The van der Waals surface area contributed by atoms with E-state index in [2.05, 4.69) is 16.0 Å². The van der Waals surface area contributed by atoms with E-state index in [1.807, 2.05) is 29.2 Å². The van der Waals surface area contributed by atoms with Crippen LogP contribution in [0.4, 0.5) is 4.79 Å². The van der Waals surface area contributed by atoms with Crippen LogP contribution in [0.2, 0.25) is 0 Å². The van der Waals surface area contributed by atoms with E-state index in [1.54, 1.807) is 20.8 Å². The highest BCUT2D eigenvalue weighted by Gasteiger charge is 2.27. The third kappa shape index (κ3) is 8.40. The third-order valence-electron chi connectivity index (χ3n) is 5.43. The first kappa shape index (κ1) is 25.6. The Hall–Kier alpha value is -3.01. The lowest BCUT2D eigenvalue weighted by Crippen LogP contribution is -2.49. The Morgan fingerprint density at radius 2 is 1.82 bits per heavy atom. The minimum Gasteiger partial charge on any atom is -0.486 e. The molecule has 0 saturated carbocycles. The van der Waals surface area contributed by atoms with Crippen molar-refractivity contribution in [1.29, 1.82) is 0 Å². The second-order valence-corrected chi connectivity index (χ2v) is 9.60. The molecular weight excluding hydrogens is 440 g/mol. The van der Waals surface area contributed by atoms with Gasteiger partial charge in [-0.1, -0.05) is 12.1 Å². The molecule has 3 amide bonds. The van der Waals surface area contributed by atoms with Gasteiger partial charge in [-0.2, -0.15) is 0 Å². The Kier molecular flexibility index (Phi) is 8.98. The van der Waals surface area contributed by atoms with E-state index in [0.717, 1.165) is 19.4 Å². The molecule has 188 valence electrons. The quantitative estimate of drug-likeness (QED) is 0.484.